The Morgan fingerprint density at radius 3 is 2.15 bits per heavy atom. The highest BCUT2D eigenvalue weighted by Gasteiger charge is 2.15. The second-order valence-electron chi connectivity index (χ2n) is 7.85. The lowest BCUT2D eigenvalue weighted by atomic mass is 10.1. The quantitative estimate of drug-likeness (QED) is 0.429. The third kappa shape index (κ3) is 13.8. The van der Waals surface area contributed by atoms with E-state index in [2.05, 4.69) is 20.6 Å². The number of rotatable bonds is 13. The summed E-state index contributed by atoms with van der Waals surface area (Å²) in [5, 5.41) is 5.52. The van der Waals surface area contributed by atoms with Gasteiger partial charge in [0.05, 0.1) is 0 Å². The number of H-pyrrole nitrogens is 1. The number of hydrogen-bond acceptors (Lipinski definition) is 4. The average Bonchev–Trinajstić information content (AvgIpc) is 3.07. The first-order chi connectivity index (χ1) is 12.9. The highest BCUT2D eigenvalue weighted by atomic mass is 16.6. The molecule has 0 saturated carbocycles. The molecule has 0 unspecified atom stereocenters. The van der Waals surface area contributed by atoms with Crippen LogP contribution in [0.2, 0.25) is 0 Å². The molecule has 1 rings (SSSR count). The van der Waals surface area contributed by atoms with Gasteiger partial charge >= 0.3 is 6.09 Å². The molecular weight excluding hydrogens is 344 g/mol. The van der Waals surface area contributed by atoms with E-state index in [0.29, 0.717) is 18.9 Å². The van der Waals surface area contributed by atoms with Crippen molar-refractivity contribution in [1.29, 1.82) is 0 Å². The Morgan fingerprint density at radius 1 is 1.00 bits per heavy atom. The van der Waals surface area contributed by atoms with Gasteiger partial charge in [-0.25, -0.2) is 9.78 Å². The molecule has 1 aromatic rings. The molecule has 0 aliphatic carbocycles. The Bertz CT molecular complexity index is 524. The van der Waals surface area contributed by atoms with E-state index in [1.54, 1.807) is 12.4 Å². The highest BCUT2D eigenvalue weighted by molar-refractivity contribution is 5.88. The lowest BCUT2D eigenvalue weighted by Gasteiger charge is -2.19. The van der Waals surface area contributed by atoms with Crippen LogP contribution in [0.1, 0.15) is 85.0 Å². The van der Waals surface area contributed by atoms with E-state index < -0.39 is 5.60 Å². The summed E-state index contributed by atoms with van der Waals surface area (Å²) in [6, 6.07) is 0. The van der Waals surface area contributed by atoms with Crippen molar-refractivity contribution in [1.82, 2.24) is 15.3 Å². The number of alkyl carbamates (subject to hydrolysis) is 1. The Balaban J connectivity index is 1.81. The van der Waals surface area contributed by atoms with Gasteiger partial charge in [-0.3, -0.25) is 10.1 Å². The van der Waals surface area contributed by atoms with Crippen molar-refractivity contribution in [2.75, 3.05) is 11.9 Å². The standard InChI is InChI=1S/C20H36N4O3/c1-20(2,3)27-19(26)23-14-12-10-8-6-4-5-7-9-11-13-17(25)24-18-21-15-16-22-18/h15-16H,4-14H2,1-3H3,(H,23,26)(H2,21,22,24,25). The van der Waals surface area contributed by atoms with Crippen LogP contribution in [0.3, 0.4) is 0 Å². The van der Waals surface area contributed by atoms with Crippen molar-refractivity contribution in [3.63, 3.8) is 0 Å². The fourth-order valence-corrected chi connectivity index (χ4v) is 2.68. The van der Waals surface area contributed by atoms with Gasteiger partial charge in [-0.2, -0.15) is 0 Å². The van der Waals surface area contributed by atoms with Crippen LogP contribution in [0.4, 0.5) is 10.7 Å². The van der Waals surface area contributed by atoms with Crippen LogP contribution in [-0.4, -0.2) is 34.1 Å². The van der Waals surface area contributed by atoms with Crippen molar-refractivity contribution in [2.24, 2.45) is 0 Å². The predicted molar refractivity (Wildman–Crippen MR) is 108 cm³/mol. The Kier molecular flexibility index (Phi) is 11.2. The number of anilines is 1. The number of carbonyl (C=O) groups is 2. The predicted octanol–water partition coefficient (Wildman–Crippen LogP) is 4.77. The number of amides is 2. The molecule has 0 aliphatic heterocycles. The van der Waals surface area contributed by atoms with Gasteiger partial charge in [-0.15, -0.1) is 0 Å². The van der Waals surface area contributed by atoms with Gasteiger partial charge in [0.25, 0.3) is 0 Å². The molecule has 154 valence electrons. The van der Waals surface area contributed by atoms with Gasteiger partial charge in [0, 0.05) is 25.4 Å². The lowest BCUT2D eigenvalue weighted by Crippen LogP contribution is -2.32. The summed E-state index contributed by atoms with van der Waals surface area (Å²) in [5.41, 5.74) is -0.437. The molecule has 7 heteroatoms. The van der Waals surface area contributed by atoms with E-state index in [4.69, 9.17) is 4.74 Å². The monoisotopic (exact) mass is 380 g/mol. The summed E-state index contributed by atoms with van der Waals surface area (Å²) in [7, 11) is 0. The van der Waals surface area contributed by atoms with Crippen LogP contribution in [-0.2, 0) is 9.53 Å². The van der Waals surface area contributed by atoms with Gasteiger partial charge in [0.1, 0.15) is 5.60 Å². The van der Waals surface area contributed by atoms with E-state index in [-0.39, 0.29) is 12.0 Å². The summed E-state index contributed by atoms with van der Waals surface area (Å²) in [6.07, 6.45) is 13.7. The molecule has 0 atom stereocenters. The van der Waals surface area contributed by atoms with Crippen molar-refractivity contribution in [2.45, 2.75) is 90.6 Å². The maximum atomic E-state index is 11.7. The number of nitrogens with zero attached hydrogens (tertiary/aromatic N) is 1. The lowest BCUT2D eigenvalue weighted by molar-refractivity contribution is -0.116. The summed E-state index contributed by atoms with van der Waals surface area (Å²) in [5.74, 6) is 0.534. The molecule has 2 amide bonds. The van der Waals surface area contributed by atoms with Crippen molar-refractivity contribution in [3.05, 3.63) is 12.4 Å². The van der Waals surface area contributed by atoms with Crippen LogP contribution >= 0.6 is 0 Å². The largest absolute Gasteiger partial charge is 0.444 e. The molecule has 0 aliphatic rings. The molecule has 0 saturated heterocycles. The zero-order valence-electron chi connectivity index (χ0n) is 17.1. The van der Waals surface area contributed by atoms with E-state index in [1.165, 1.54) is 32.1 Å². The fourth-order valence-electron chi connectivity index (χ4n) is 2.68. The molecule has 0 bridgehead atoms. The first-order valence-electron chi connectivity index (χ1n) is 10.1. The molecule has 27 heavy (non-hydrogen) atoms. The van der Waals surface area contributed by atoms with Gasteiger partial charge in [-0.05, 0) is 33.6 Å². The van der Waals surface area contributed by atoms with E-state index in [9.17, 15) is 9.59 Å². The van der Waals surface area contributed by atoms with Gasteiger partial charge in [-0.1, -0.05) is 44.9 Å². The maximum absolute atomic E-state index is 11.7. The first-order valence-corrected chi connectivity index (χ1v) is 10.1. The van der Waals surface area contributed by atoms with Crippen molar-refractivity contribution >= 4 is 17.9 Å². The highest BCUT2D eigenvalue weighted by Crippen LogP contribution is 2.11. The average molecular weight is 381 g/mol. The SMILES string of the molecule is CC(C)(C)OC(=O)NCCCCCCCCCCCC(=O)Nc1ncc[nH]1. The van der Waals surface area contributed by atoms with E-state index in [0.717, 1.165) is 25.7 Å². The van der Waals surface area contributed by atoms with Crippen LogP contribution in [0.25, 0.3) is 0 Å². The summed E-state index contributed by atoms with van der Waals surface area (Å²) < 4.78 is 5.19. The number of hydrogen-bond donors (Lipinski definition) is 3. The summed E-state index contributed by atoms with van der Waals surface area (Å²) in [6.45, 7) is 6.27. The molecule has 7 nitrogen and oxygen atoms in total. The molecule has 1 aromatic heterocycles. The Hall–Kier alpha value is -2.05. The molecule has 1 heterocycles. The smallest absolute Gasteiger partial charge is 0.407 e. The molecular formula is C20H36N4O3. The number of aromatic nitrogens is 2. The summed E-state index contributed by atoms with van der Waals surface area (Å²) in [4.78, 5) is 30.0. The van der Waals surface area contributed by atoms with Crippen LogP contribution in [0.5, 0.6) is 0 Å². The minimum absolute atomic E-state index is 0.0185. The molecule has 0 spiro atoms. The number of nitrogens with one attached hydrogen (secondary N) is 3. The maximum Gasteiger partial charge on any atom is 0.407 e. The summed E-state index contributed by atoms with van der Waals surface area (Å²) >= 11 is 0. The van der Waals surface area contributed by atoms with Crippen LogP contribution < -0.4 is 10.6 Å². The van der Waals surface area contributed by atoms with Gasteiger partial charge in [0.2, 0.25) is 11.9 Å². The van der Waals surface area contributed by atoms with Crippen molar-refractivity contribution in [3.8, 4) is 0 Å². The number of ether oxygens (including phenoxy) is 1. The van der Waals surface area contributed by atoms with Crippen molar-refractivity contribution < 1.29 is 14.3 Å². The van der Waals surface area contributed by atoms with Crippen LogP contribution in [0, 0.1) is 0 Å². The number of aromatic amines is 1. The third-order valence-electron chi connectivity index (χ3n) is 4.00. The minimum atomic E-state index is -0.437. The zero-order chi connectivity index (χ0) is 20.0. The minimum Gasteiger partial charge on any atom is -0.444 e. The number of carbonyl (C=O) groups excluding carboxylic acids is 2. The molecule has 0 fully saturated rings. The second kappa shape index (κ2) is 13.2. The molecule has 0 radical (unpaired) electrons. The van der Waals surface area contributed by atoms with Gasteiger partial charge < -0.3 is 15.0 Å². The Morgan fingerprint density at radius 2 is 1.59 bits per heavy atom. The Labute approximate surface area is 163 Å². The number of imidazole rings is 1. The van der Waals surface area contributed by atoms with Crippen LogP contribution in [0.15, 0.2) is 12.4 Å². The second-order valence-corrected chi connectivity index (χ2v) is 7.85. The van der Waals surface area contributed by atoms with E-state index in [1.807, 2.05) is 20.8 Å². The number of unbranched alkanes of at least 4 members (excludes halogenated alkanes) is 8. The fraction of sp³-hybridized carbons (Fsp3) is 0.750. The first kappa shape index (κ1) is 23.0. The zero-order valence-corrected chi connectivity index (χ0v) is 17.1. The van der Waals surface area contributed by atoms with Gasteiger partial charge in [0.15, 0.2) is 0 Å². The molecule has 0 aromatic carbocycles. The topological polar surface area (TPSA) is 96.1 Å². The van der Waals surface area contributed by atoms with E-state index >= 15 is 0 Å². The normalized spacial score (nSPS) is 11.2. The molecule has 3 N–H and O–H groups in total. The third-order valence-corrected chi connectivity index (χ3v) is 4.00.